The van der Waals surface area contributed by atoms with E-state index in [1.807, 2.05) is 6.07 Å². The highest BCUT2D eigenvalue weighted by molar-refractivity contribution is 7.13. The number of anilines is 1. The van der Waals surface area contributed by atoms with E-state index in [9.17, 15) is 4.79 Å². The fourth-order valence-corrected chi connectivity index (χ4v) is 5.35. The number of benzene rings is 1. The van der Waals surface area contributed by atoms with Crippen molar-refractivity contribution in [3.05, 3.63) is 47.0 Å². The van der Waals surface area contributed by atoms with Crippen molar-refractivity contribution in [2.24, 2.45) is 11.7 Å². The number of aromatic nitrogens is 1. The van der Waals surface area contributed by atoms with Gasteiger partial charge in [0.15, 0.2) is 5.13 Å². The second-order valence-electron chi connectivity index (χ2n) is 7.96. The van der Waals surface area contributed by atoms with E-state index in [0.717, 1.165) is 57.3 Å². The number of carbonyl (C=O) groups excluding carboxylic acids is 1. The Hall–Kier alpha value is -1.92. The summed E-state index contributed by atoms with van der Waals surface area (Å²) in [7, 11) is 0. The zero-order chi connectivity index (χ0) is 18.9. The van der Waals surface area contributed by atoms with E-state index in [2.05, 4.69) is 39.5 Å². The molecule has 1 aromatic heterocycles. The van der Waals surface area contributed by atoms with Gasteiger partial charge in [0.05, 0.1) is 5.69 Å². The predicted octanol–water partition coefficient (Wildman–Crippen LogP) is 3.15. The molecule has 0 bridgehead atoms. The van der Waals surface area contributed by atoms with Crippen LogP contribution in [0.3, 0.4) is 0 Å². The van der Waals surface area contributed by atoms with Gasteiger partial charge in [-0.3, -0.25) is 4.79 Å². The Morgan fingerprint density at radius 1 is 1.11 bits per heavy atom. The lowest BCUT2D eigenvalue weighted by Crippen LogP contribution is -2.48. The predicted molar refractivity (Wildman–Crippen MR) is 109 cm³/mol. The first kappa shape index (κ1) is 18.4. The molecule has 2 aliphatic rings. The quantitative estimate of drug-likeness (QED) is 0.851. The summed E-state index contributed by atoms with van der Waals surface area (Å²) in [5.74, 6) is 0.477. The summed E-state index contributed by atoms with van der Waals surface area (Å²) in [6.45, 7) is 1.54. The maximum Gasteiger partial charge on any atom is 0.225 e. The first-order valence-corrected chi connectivity index (χ1v) is 10.8. The normalized spacial score (nSPS) is 25.3. The Labute approximate surface area is 164 Å². The Bertz CT molecular complexity index is 774. The number of nitrogens with zero attached hydrogens (tertiary/aromatic N) is 2. The number of nitrogen functional groups attached to an aromatic ring is 1. The summed E-state index contributed by atoms with van der Waals surface area (Å²) >= 11 is 1.50. The molecule has 1 aromatic carbocycles. The van der Waals surface area contributed by atoms with Crippen LogP contribution in [0.4, 0.5) is 5.13 Å². The van der Waals surface area contributed by atoms with Gasteiger partial charge in [-0.1, -0.05) is 30.3 Å². The van der Waals surface area contributed by atoms with E-state index in [1.165, 1.54) is 16.9 Å². The number of piperidine rings is 1. The summed E-state index contributed by atoms with van der Waals surface area (Å²) in [6, 6.07) is 10.8. The van der Waals surface area contributed by atoms with Crippen LogP contribution in [0.25, 0.3) is 0 Å². The highest BCUT2D eigenvalue weighted by atomic mass is 32.1. The Balaban J connectivity index is 1.52. The van der Waals surface area contributed by atoms with Gasteiger partial charge in [0.25, 0.3) is 0 Å². The second kappa shape index (κ2) is 7.60. The van der Waals surface area contributed by atoms with Gasteiger partial charge in [-0.05, 0) is 44.1 Å². The van der Waals surface area contributed by atoms with Crippen molar-refractivity contribution >= 4 is 22.4 Å². The molecular formula is C21H28N4OS. The highest BCUT2D eigenvalue weighted by Crippen LogP contribution is 2.42. The number of carbonyl (C=O) groups is 1. The van der Waals surface area contributed by atoms with Crippen molar-refractivity contribution in [1.82, 2.24) is 9.88 Å². The van der Waals surface area contributed by atoms with Crippen LogP contribution in [0.15, 0.2) is 35.7 Å². The van der Waals surface area contributed by atoms with Crippen LogP contribution in [0.5, 0.6) is 0 Å². The fourth-order valence-electron chi connectivity index (χ4n) is 4.69. The third kappa shape index (κ3) is 3.60. The minimum atomic E-state index is -0.152. The average Bonchev–Trinajstić information content (AvgIpc) is 3.16. The van der Waals surface area contributed by atoms with E-state index < -0.39 is 0 Å². The van der Waals surface area contributed by atoms with Gasteiger partial charge in [0.1, 0.15) is 0 Å². The van der Waals surface area contributed by atoms with Crippen molar-refractivity contribution in [3.63, 3.8) is 0 Å². The summed E-state index contributed by atoms with van der Waals surface area (Å²) in [6.07, 6.45) is 5.58. The Kier molecular flexibility index (Phi) is 5.19. The molecule has 1 aliphatic carbocycles. The van der Waals surface area contributed by atoms with Crippen LogP contribution < -0.4 is 11.5 Å². The van der Waals surface area contributed by atoms with Crippen molar-refractivity contribution in [1.29, 1.82) is 0 Å². The number of amides is 1. The molecule has 0 atom stereocenters. The van der Waals surface area contributed by atoms with Crippen LogP contribution in [-0.4, -0.2) is 34.9 Å². The third-order valence-electron chi connectivity index (χ3n) is 6.39. The summed E-state index contributed by atoms with van der Waals surface area (Å²) in [5.41, 5.74) is 14.1. The molecule has 2 aromatic rings. The van der Waals surface area contributed by atoms with E-state index >= 15 is 0 Å². The van der Waals surface area contributed by atoms with Gasteiger partial charge in [0, 0.05) is 35.8 Å². The molecule has 2 fully saturated rings. The van der Waals surface area contributed by atoms with E-state index in [4.69, 9.17) is 11.5 Å². The molecule has 1 saturated heterocycles. The third-order valence-corrected chi connectivity index (χ3v) is 7.06. The molecule has 6 heteroatoms. The first-order chi connectivity index (χ1) is 13.1. The van der Waals surface area contributed by atoms with E-state index in [-0.39, 0.29) is 17.4 Å². The molecule has 4 rings (SSSR count). The Morgan fingerprint density at radius 3 is 2.37 bits per heavy atom. The summed E-state index contributed by atoms with van der Waals surface area (Å²) in [4.78, 5) is 19.7. The standard InChI is InChI=1S/C21H28N4OS/c22-17-8-6-15(7-9-17)19(26)25-12-10-21(11-13-25,16-4-2-1-3-5-16)18-14-27-20(23)24-18/h1-5,14-15,17H,6-13,22H2,(H2,23,24). The van der Waals surface area contributed by atoms with Gasteiger partial charge < -0.3 is 16.4 Å². The molecular weight excluding hydrogens is 356 g/mol. The molecule has 0 radical (unpaired) electrons. The van der Waals surface area contributed by atoms with Crippen molar-refractivity contribution < 1.29 is 4.79 Å². The smallest absolute Gasteiger partial charge is 0.225 e. The molecule has 0 spiro atoms. The van der Waals surface area contributed by atoms with Crippen LogP contribution in [0, 0.1) is 5.92 Å². The number of likely N-dealkylation sites (tertiary alicyclic amines) is 1. The number of rotatable bonds is 3. The molecule has 1 aliphatic heterocycles. The van der Waals surface area contributed by atoms with Gasteiger partial charge in [-0.15, -0.1) is 11.3 Å². The van der Waals surface area contributed by atoms with Crippen LogP contribution in [-0.2, 0) is 10.2 Å². The molecule has 0 unspecified atom stereocenters. The van der Waals surface area contributed by atoms with Crippen LogP contribution >= 0.6 is 11.3 Å². The minimum Gasteiger partial charge on any atom is -0.375 e. The zero-order valence-corrected chi connectivity index (χ0v) is 16.5. The van der Waals surface area contributed by atoms with E-state index in [0.29, 0.717) is 11.0 Å². The van der Waals surface area contributed by atoms with Crippen LogP contribution in [0.2, 0.25) is 0 Å². The molecule has 1 amide bonds. The SMILES string of the molecule is Nc1nc(C2(c3ccccc3)CCN(C(=O)C3CCC(N)CC3)CC2)cs1. The molecule has 144 valence electrons. The van der Waals surface area contributed by atoms with Gasteiger partial charge in [-0.25, -0.2) is 4.98 Å². The van der Waals surface area contributed by atoms with Crippen molar-refractivity contribution in [2.75, 3.05) is 18.8 Å². The van der Waals surface area contributed by atoms with Gasteiger partial charge in [-0.2, -0.15) is 0 Å². The topological polar surface area (TPSA) is 85.2 Å². The molecule has 5 nitrogen and oxygen atoms in total. The van der Waals surface area contributed by atoms with Crippen molar-refractivity contribution in [3.8, 4) is 0 Å². The Morgan fingerprint density at radius 2 is 1.78 bits per heavy atom. The van der Waals surface area contributed by atoms with Crippen molar-refractivity contribution in [2.45, 2.75) is 50.0 Å². The largest absolute Gasteiger partial charge is 0.375 e. The van der Waals surface area contributed by atoms with Crippen LogP contribution in [0.1, 0.15) is 49.8 Å². The monoisotopic (exact) mass is 384 g/mol. The van der Waals surface area contributed by atoms with Gasteiger partial charge >= 0.3 is 0 Å². The summed E-state index contributed by atoms with van der Waals surface area (Å²) < 4.78 is 0. The zero-order valence-electron chi connectivity index (χ0n) is 15.6. The lowest BCUT2D eigenvalue weighted by molar-refractivity contribution is -0.138. The second-order valence-corrected chi connectivity index (χ2v) is 8.85. The lowest BCUT2D eigenvalue weighted by atomic mass is 9.70. The maximum atomic E-state index is 13.0. The molecule has 27 heavy (non-hydrogen) atoms. The summed E-state index contributed by atoms with van der Waals surface area (Å²) in [5, 5.41) is 2.69. The number of thiazole rings is 1. The number of hydrogen-bond acceptors (Lipinski definition) is 5. The molecule has 4 N–H and O–H groups in total. The molecule has 2 heterocycles. The highest BCUT2D eigenvalue weighted by Gasteiger charge is 2.41. The minimum absolute atomic E-state index is 0.152. The van der Waals surface area contributed by atoms with E-state index in [1.54, 1.807) is 0 Å². The first-order valence-electron chi connectivity index (χ1n) is 9.90. The maximum absolute atomic E-state index is 13.0. The molecule has 1 saturated carbocycles. The number of nitrogens with two attached hydrogens (primary N) is 2. The fraction of sp³-hybridized carbons (Fsp3) is 0.524. The van der Waals surface area contributed by atoms with Gasteiger partial charge in [0.2, 0.25) is 5.91 Å². The lowest BCUT2D eigenvalue weighted by Gasteiger charge is -2.42. The average molecular weight is 385 g/mol. The number of hydrogen-bond donors (Lipinski definition) is 2.